The van der Waals surface area contributed by atoms with Crippen LogP contribution in [0.15, 0.2) is 47.6 Å². The predicted molar refractivity (Wildman–Crippen MR) is 102 cm³/mol. The average molecular weight is 390 g/mol. The van der Waals surface area contributed by atoms with E-state index in [-0.39, 0.29) is 18.9 Å². The molecule has 5 nitrogen and oxygen atoms in total. The van der Waals surface area contributed by atoms with Crippen LogP contribution in [-0.2, 0) is 11.4 Å². The fourth-order valence-electron chi connectivity index (χ4n) is 2.04. The monoisotopic (exact) mass is 389 g/mol. The van der Waals surface area contributed by atoms with Gasteiger partial charge >= 0.3 is 0 Å². The summed E-state index contributed by atoms with van der Waals surface area (Å²) in [5, 5.41) is 15.1. The maximum atomic E-state index is 11.5. The van der Waals surface area contributed by atoms with Crippen molar-refractivity contribution in [3.05, 3.63) is 63.6 Å². The third kappa shape index (κ3) is 6.07. The number of carbonyl (C=O) groups is 1. The summed E-state index contributed by atoms with van der Waals surface area (Å²) in [5.74, 6) is 0.470. The van der Waals surface area contributed by atoms with Crippen LogP contribution in [0.25, 0.3) is 0 Å². The number of rotatable bonds is 7. The quantitative estimate of drug-likeness (QED) is 0.510. The lowest BCUT2D eigenvalue weighted by Gasteiger charge is -2.12. The van der Waals surface area contributed by atoms with E-state index in [0.717, 1.165) is 11.1 Å². The number of nitrogens with zero attached hydrogens (tertiary/aromatic N) is 3. The number of halogens is 2. The minimum Gasteiger partial charge on any atom is -0.489 e. The highest BCUT2D eigenvalue weighted by molar-refractivity contribution is 6.35. The fourth-order valence-corrected chi connectivity index (χ4v) is 2.50. The van der Waals surface area contributed by atoms with Crippen molar-refractivity contribution in [2.75, 3.05) is 6.54 Å². The Morgan fingerprint density at radius 1 is 1.27 bits per heavy atom. The van der Waals surface area contributed by atoms with Crippen molar-refractivity contribution in [3.63, 3.8) is 0 Å². The van der Waals surface area contributed by atoms with Crippen LogP contribution in [0.5, 0.6) is 5.75 Å². The summed E-state index contributed by atoms with van der Waals surface area (Å²) in [4.78, 5) is 11.5. The first-order valence-corrected chi connectivity index (χ1v) is 8.61. The summed E-state index contributed by atoms with van der Waals surface area (Å²) in [6, 6.07) is 14.5. The SMILES string of the molecule is CC(=O)N(CCC#N)/N=C/c1ccc(OCc2ccc(Cl)cc2Cl)cc1. The van der Waals surface area contributed by atoms with Gasteiger partial charge in [0.1, 0.15) is 12.4 Å². The van der Waals surface area contributed by atoms with Crippen molar-refractivity contribution in [2.45, 2.75) is 20.0 Å². The topological polar surface area (TPSA) is 65.7 Å². The van der Waals surface area contributed by atoms with Crippen molar-refractivity contribution < 1.29 is 9.53 Å². The minimum atomic E-state index is -0.212. The van der Waals surface area contributed by atoms with Gasteiger partial charge in [0.15, 0.2) is 0 Å². The second-order valence-corrected chi connectivity index (χ2v) is 6.23. The normalized spacial score (nSPS) is 10.5. The highest BCUT2D eigenvalue weighted by Gasteiger charge is 2.05. The van der Waals surface area contributed by atoms with E-state index in [1.165, 1.54) is 11.9 Å². The van der Waals surface area contributed by atoms with Gasteiger partial charge in [0.2, 0.25) is 5.91 Å². The Morgan fingerprint density at radius 2 is 2.00 bits per heavy atom. The molecule has 2 rings (SSSR count). The highest BCUT2D eigenvalue weighted by atomic mass is 35.5. The van der Waals surface area contributed by atoms with Crippen molar-refractivity contribution in [1.82, 2.24) is 5.01 Å². The van der Waals surface area contributed by atoms with Gasteiger partial charge in [-0.1, -0.05) is 29.3 Å². The number of benzene rings is 2. The summed E-state index contributed by atoms with van der Waals surface area (Å²) in [6.07, 6.45) is 1.80. The molecule has 26 heavy (non-hydrogen) atoms. The van der Waals surface area contributed by atoms with Gasteiger partial charge in [-0.15, -0.1) is 0 Å². The van der Waals surface area contributed by atoms with E-state index in [4.69, 9.17) is 33.2 Å². The molecule has 0 aliphatic carbocycles. The zero-order valence-corrected chi connectivity index (χ0v) is 15.7. The predicted octanol–water partition coefficient (Wildman–Crippen LogP) is 4.67. The molecule has 0 aliphatic rings. The van der Waals surface area contributed by atoms with Crippen molar-refractivity contribution >= 4 is 35.3 Å². The third-order valence-corrected chi connectivity index (χ3v) is 4.02. The molecule has 0 fully saturated rings. The Kier molecular flexibility index (Phi) is 7.46. The van der Waals surface area contributed by atoms with Crippen LogP contribution < -0.4 is 4.74 Å². The maximum Gasteiger partial charge on any atom is 0.239 e. The number of hydrogen-bond donors (Lipinski definition) is 0. The molecular weight excluding hydrogens is 373 g/mol. The van der Waals surface area contributed by atoms with Gasteiger partial charge < -0.3 is 4.74 Å². The second kappa shape index (κ2) is 9.81. The lowest BCUT2D eigenvalue weighted by Crippen LogP contribution is -2.24. The van der Waals surface area contributed by atoms with Gasteiger partial charge in [-0.3, -0.25) is 4.79 Å². The van der Waals surface area contributed by atoms with Crippen molar-refractivity contribution in [1.29, 1.82) is 5.26 Å². The molecule has 1 amide bonds. The Morgan fingerprint density at radius 3 is 2.62 bits per heavy atom. The minimum absolute atomic E-state index is 0.212. The number of amides is 1. The molecule has 0 heterocycles. The van der Waals surface area contributed by atoms with E-state index >= 15 is 0 Å². The average Bonchev–Trinajstić information content (AvgIpc) is 2.61. The fraction of sp³-hybridized carbons (Fsp3) is 0.211. The van der Waals surface area contributed by atoms with E-state index in [0.29, 0.717) is 22.4 Å². The van der Waals surface area contributed by atoms with Crippen LogP contribution in [0.4, 0.5) is 0 Å². The first-order valence-electron chi connectivity index (χ1n) is 7.85. The number of hydrazone groups is 1. The molecule has 0 atom stereocenters. The molecule has 0 saturated heterocycles. The molecule has 2 aromatic carbocycles. The van der Waals surface area contributed by atoms with Crippen LogP contribution in [0.1, 0.15) is 24.5 Å². The van der Waals surface area contributed by atoms with E-state index in [1.54, 1.807) is 30.5 Å². The lowest BCUT2D eigenvalue weighted by atomic mass is 10.2. The van der Waals surface area contributed by atoms with E-state index in [1.807, 2.05) is 24.3 Å². The molecule has 0 unspecified atom stereocenters. The molecule has 0 saturated carbocycles. The van der Waals surface area contributed by atoms with E-state index in [9.17, 15) is 4.79 Å². The summed E-state index contributed by atoms with van der Waals surface area (Å²) in [5.41, 5.74) is 1.65. The number of carbonyl (C=O) groups excluding carboxylic acids is 1. The van der Waals surface area contributed by atoms with Crippen LogP contribution >= 0.6 is 23.2 Å². The van der Waals surface area contributed by atoms with E-state index in [2.05, 4.69) is 5.10 Å². The number of ether oxygens (including phenoxy) is 1. The van der Waals surface area contributed by atoms with Crippen molar-refractivity contribution in [3.8, 4) is 11.8 Å². The molecule has 0 aliphatic heterocycles. The zero-order valence-electron chi connectivity index (χ0n) is 14.2. The summed E-state index contributed by atoms with van der Waals surface area (Å²) in [6.45, 7) is 2.01. The molecule has 0 aromatic heterocycles. The van der Waals surface area contributed by atoms with Gasteiger partial charge in [-0.05, 0) is 42.0 Å². The Balaban J connectivity index is 1.96. The maximum absolute atomic E-state index is 11.5. The smallest absolute Gasteiger partial charge is 0.239 e. The highest BCUT2D eigenvalue weighted by Crippen LogP contribution is 2.22. The zero-order chi connectivity index (χ0) is 18.9. The standard InChI is InChI=1S/C19H17Cl2N3O2/c1-14(25)24(10-2-9-22)23-12-15-3-7-18(8-4-15)26-13-16-5-6-17(20)11-19(16)21/h3-8,11-12H,2,10,13H2,1H3/b23-12+. The third-order valence-electron chi connectivity index (χ3n) is 3.43. The molecule has 2 aromatic rings. The number of hydrogen-bond acceptors (Lipinski definition) is 4. The Hall–Kier alpha value is -2.55. The van der Waals surface area contributed by atoms with Gasteiger partial charge in [0, 0.05) is 22.5 Å². The van der Waals surface area contributed by atoms with Gasteiger partial charge in [-0.2, -0.15) is 10.4 Å². The van der Waals surface area contributed by atoms with Crippen LogP contribution in [0.3, 0.4) is 0 Å². The van der Waals surface area contributed by atoms with Crippen molar-refractivity contribution in [2.24, 2.45) is 5.10 Å². The molecule has 7 heteroatoms. The van der Waals surface area contributed by atoms with Crippen LogP contribution in [-0.4, -0.2) is 23.7 Å². The lowest BCUT2D eigenvalue weighted by molar-refractivity contribution is -0.128. The Bertz CT molecular complexity index is 830. The Labute approximate surface area is 162 Å². The summed E-state index contributed by atoms with van der Waals surface area (Å²) >= 11 is 12.0. The molecular formula is C19H17Cl2N3O2. The largest absolute Gasteiger partial charge is 0.489 e. The molecule has 0 radical (unpaired) electrons. The first-order chi connectivity index (χ1) is 12.5. The summed E-state index contributed by atoms with van der Waals surface area (Å²) < 4.78 is 5.71. The van der Waals surface area contributed by atoms with Gasteiger partial charge in [0.05, 0.1) is 25.2 Å². The van der Waals surface area contributed by atoms with Gasteiger partial charge in [-0.25, -0.2) is 5.01 Å². The molecule has 0 N–H and O–H groups in total. The summed E-state index contributed by atoms with van der Waals surface area (Å²) in [7, 11) is 0. The van der Waals surface area contributed by atoms with Crippen LogP contribution in [0, 0.1) is 11.3 Å². The van der Waals surface area contributed by atoms with Gasteiger partial charge in [0.25, 0.3) is 0 Å². The number of nitriles is 1. The molecule has 0 bridgehead atoms. The molecule has 134 valence electrons. The molecule has 0 spiro atoms. The second-order valence-electron chi connectivity index (χ2n) is 5.39. The first kappa shape index (κ1) is 19.8. The van der Waals surface area contributed by atoms with E-state index < -0.39 is 0 Å². The van der Waals surface area contributed by atoms with Crippen LogP contribution in [0.2, 0.25) is 10.0 Å².